The van der Waals surface area contributed by atoms with Crippen LogP contribution in [0.3, 0.4) is 0 Å². The van der Waals surface area contributed by atoms with Crippen molar-refractivity contribution in [2.75, 3.05) is 6.54 Å². The van der Waals surface area contributed by atoms with E-state index in [2.05, 4.69) is 20.9 Å². The summed E-state index contributed by atoms with van der Waals surface area (Å²) in [4.78, 5) is 18.7. The van der Waals surface area contributed by atoms with E-state index in [1.807, 2.05) is 12.1 Å². The lowest BCUT2D eigenvalue weighted by atomic mass is 10.1. The topological polar surface area (TPSA) is 124 Å². The molecule has 3 aromatic heterocycles. The second-order valence-electron chi connectivity index (χ2n) is 5.60. The molecule has 0 unspecified atom stereocenters. The van der Waals surface area contributed by atoms with Crippen LogP contribution < -0.4 is 10.5 Å². The average molecular weight is 410 g/mol. The van der Waals surface area contributed by atoms with E-state index < -0.39 is 18.7 Å². The first-order chi connectivity index (χ1) is 13.7. The highest BCUT2D eigenvalue weighted by molar-refractivity contribution is 5.87. The first-order valence-electron chi connectivity index (χ1n) is 8.15. The molecule has 3 N–H and O–H groups in total. The van der Waals surface area contributed by atoms with Crippen LogP contribution in [-0.4, -0.2) is 38.9 Å². The van der Waals surface area contributed by atoms with Crippen molar-refractivity contribution in [3.05, 3.63) is 59.7 Å². The van der Waals surface area contributed by atoms with Crippen LogP contribution in [0.2, 0.25) is 0 Å². The van der Waals surface area contributed by atoms with Gasteiger partial charge in [0.2, 0.25) is 5.88 Å². The van der Waals surface area contributed by atoms with Crippen LogP contribution in [0.25, 0.3) is 11.3 Å². The summed E-state index contributed by atoms with van der Waals surface area (Å²) >= 11 is 0. The summed E-state index contributed by atoms with van der Waals surface area (Å²) in [5, 5.41) is 12.9. The van der Waals surface area contributed by atoms with Gasteiger partial charge in [0, 0.05) is 30.2 Å². The molecule has 0 aliphatic heterocycles. The predicted molar refractivity (Wildman–Crippen MR) is 95.1 cm³/mol. The van der Waals surface area contributed by atoms with Gasteiger partial charge in [-0.25, -0.2) is 9.78 Å². The van der Waals surface area contributed by atoms with E-state index in [9.17, 15) is 18.0 Å². The van der Waals surface area contributed by atoms with Crippen molar-refractivity contribution in [3.8, 4) is 17.1 Å². The molecule has 0 saturated carbocycles. The lowest BCUT2D eigenvalue weighted by Gasteiger charge is -2.06. The molecule has 3 aromatic rings. The molecule has 0 fully saturated rings. The average Bonchev–Trinajstić information content (AvgIpc) is 3.07. The fourth-order valence-corrected chi connectivity index (χ4v) is 2.04. The van der Waals surface area contributed by atoms with E-state index in [4.69, 9.17) is 14.4 Å². The van der Waals surface area contributed by atoms with Crippen molar-refractivity contribution >= 4 is 5.97 Å². The van der Waals surface area contributed by atoms with Gasteiger partial charge < -0.3 is 20.1 Å². The molecule has 29 heavy (non-hydrogen) atoms. The van der Waals surface area contributed by atoms with Crippen molar-refractivity contribution in [2.45, 2.75) is 19.7 Å². The number of aryl methyl sites for hydroxylation is 1. The van der Waals surface area contributed by atoms with Crippen molar-refractivity contribution in [1.82, 2.24) is 15.1 Å². The third-order valence-electron chi connectivity index (χ3n) is 3.52. The van der Waals surface area contributed by atoms with Gasteiger partial charge >= 0.3 is 12.1 Å². The van der Waals surface area contributed by atoms with Gasteiger partial charge in [-0.1, -0.05) is 5.16 Å². The quantitative estimate of drug-likeness (QED) is 0.657. The molecule has 0 amide bonds. The summed E-state index contributed by atoms with van der Waals surface area (Å²) in [6.45, 7) is 0.788. The first-order valence-corrected chi connectivity index (χ1v) is 8.15. The molecule has 0 aliphatic rings. The molecular weight excluding hydrogens is 393 g/mol. The number of pyridine rings is 2. The maximum atomic E-state index is 10.8. The largest absolute Gasteiger partial charge is 0.478 e. The number of aromatic carboxylic acids is 1. The third kappa shape index (κ3) is 6.57. The standard InChI is InChI=1S/C16H13N3O4.C2H4F3N/c1-10-13(15(19-23-10)11-4-6-17-7-5-11)9-22-14-3-2-12(8-18-14)16(20)21;3-2(4,5)1-6/h2-8H,9H2,1H3,(H,20,21);1,6H2. The summed E-state index contributed by atoms with van der Waals surface area (Å²) in [5.74, 6) is -0.0471. The minimum atomic E-state index is -4.18. The highest BCUT2D eigenvalue weighted by atomic mass is 19.4. The third-order valence-corrected chi connectivity index (χ3v) is 3.52. The zero-order valence-electron chi connectivity index (χ0n) is 15.2. The molecule has 8 nitrogen and oxygen atoms in total. The Kier molecular flexibility index (Phi) is 7.26. The van der Waals surface area contributed by atoms with Gasteiger partial charge in [-0.15, -0.1) is 0 Å². The Bertz CT molecular complexity index is 929. The summed E-state index contributed by atoms with van der Waals surface area (Å²) in [6, 6.07) is 6.62. The Morgan fingerprint density at radius 2 is 1.90 bits per heavy atom. The lowest BCUT2D eigenvalue weighted by molar-refractivity contribution is -0.118. The second kappa shape index (κ2) is 9.64. The van der Waals surface area contributed by atoms with Crippen molar-refractivity contribution < 1.29 is 32.3 Å². The van der Waals surface area contributed by atoms with Crippen LogP contribution in [-0.2, 0) is 6.61 Å². The molecule has 11 heteroatoms. The minimum Gasteiger partial charge on any atom is -0.478 e. The summed E-state index contributed by atoms with van der Waals surface area (Å²) in [6.07, 6.45) is 0.425. The van der Waals surface area contributed by atoms with Crippen LogP contribution in [0.4, 0.5) is 13.2 Å². The number of carboxylic acid groups (broad SMARTS) is 1. The van der Waals surface area contributed by atoms with Gasteiger partial charge in [0.25, 0.3) is 0 Å². The van der Waals surface area contributed by atoms with E-state index in [1.54, 1.807) is 19.3 Å². The molecule has 154 valence electrons. The number of hydrogen-bond acceptors (Lipinski definition) is 7. The number of nitrogens with zero attached hydrogens (tertiary/aromatic N) is 3. The Morgan fingerprint density at radius 1 is 1.24 bits per heavy atom. The molecule has 0 aliphatic carbocycles. The normalized spacial score (nSPS) is 10.8. The van der Waals surface area contributed by atoms with Crippen LogP contribution in [0.1, 0.15) is 21.7 Å². The SMILES string of the molecule is Cc1onc(-c2ccncc2)c1COc1ccc(C(=O)O)cn1.NCC(F)(F)F. The number of nitrogens with two attached hydrogens (primary N) is 1. The number of ether oxygens (including phenoxy) is 1. The van der Waals surface area contributed by atoms with Gasteiger partial charge in [0.15, 0.2) is 0 Å². The van der Waals surface area contributed by atoms with Gasteiger partial charge in [-0.2, -0.15) is 13.2 Å². The Morgan fingerprint density at radius 3 is 2.41 bits per heavy atom. The minimum absolute atomic E-state index is 0.107. The number of carbonyl (C=O) groups is 1. The number of hydrogen-bond donors (Lipinski definition) is 2. The van der Waals surface area contributed by atoms with Crippen LogP contribution in [0.15, 0.2) is 47.4 Å². The predicted octanol–water partition coefficient (Wildman–Crippen LogP) is 3.22. The molecule has 0 atom stereocenters. The fourth-order valence-electron chi connectivity index (χ4n) is 2.04. The Labute approximate surface area is 163 Å². The van der Waals surface area contributed by atoms with Crippen LogP contribution in [0, 0.1) is 6.92 Å². The molecule has 3 rings (SSSR count). The smallest absolute Gasteiger partial charge is 0.400 e. The molecule has 0 radical (unpaired) electrons. The highest BCUT2D eigenvalue weighted by Crippen LogP contribution is 2.25. The molecule has 0 aromatic carbocycles. The number of alkyl halides is 3. The van der Waals surface area contributed by atoms with Crippen LogP contribution >= 0.6 is 0 Å². The zero-order valence-corrected chi connectivity index (χ0v) is 15.2. The lowest BCUT2D eigenvalue weighted by Crippen LogP contribution is -2.21. The highest BCUT2D eigenvalue weighted by Gasteiger charge is 2.23. The van der Waals surface area contributed by atoms with Gasteiger partial charge in [0.1, 0.15) is 18.1 Å². The molecule has 3 heterocycles. The van der Waals surface area contributed by atoms with E-state index in [-0.39, 0.29) is 12.2 Å². The number of aromatic nitrogens is 3. The second-order valence-corrected chi connectivity index (χ2v) is 5.60. The summed E-state index contributed by atoms with van der Waals surface area (Å²) < 4.78 is 42.8. The van der Waals surface area contributed by atoms with E-state index in [1.165, 1.54) is 18.3 Å². The van der Waals surface area contributed by atoms with E-state index in [0.29, 0.717) is 17.3 Å². The van der Waals surface area contributed by atoms with Gasteiger partial charge in [-0.05, 0) is 25.1 Å². The number of halogens is 3. The molecule has 0 saturated heterocycles. The van der Waals surface area contributed by atoms with Crippen molar-refractivity contribution in [3.63, 3.8) is 0 Å². The number of rotatable bonds is 5. The Hall–Kier alpha value is -3.47. The van der Waals surface area contributed by atoms with E-state index >= 15 is 0 Å². The molecular formula is C18H17F3N4O4. The van der Waals surface area contributed by atoms with E-state index in [0.717, 1.165) is 11.1 Å². The van der Waals surface area contributed by atoms with Crippen molar-refractivity contribution in [2.24, 2.45) is 5.73 Å². The zero-order chi connectivity index (χ0) is 21.4. The maximum Gasteiger partial charge on any atom is 0.400 e. The number of carboxylic acids is 1. The maximum absolute atomic E-state index is 10.8. The van der Waals surface area contributed by atoms with Gasteiger partial charge in [0.05, 0.1) is 17.7 Å². The first kappa shape index (κ1) is 21.8. The monoisotopic (exact) mass is 410 g/mol. The summed E-state index contributed by atoms with van der Waals surface area (Å²) in [5.41, 5.74) is 6.66. The molecule has 0 spiro atoms. The Balaban J connectivity index is 0.000000438. The summed E-state index contributed by atoms with van der Waals surface area (Å²) in [7, 11) is 0. The van der Waals surface area contributed by atoms with Crippen molar-refractivity contribution in [1.29, 1.82) is 0 Å². The fraction of sp³-hybridized carbons (Fsp3) is 0.222. The molecule has 0 bridgehead atoms. The van der Waals surface area contributed by atoms with Gasteiger partial charge in [-0.3, -0.25) is 4.98 Å². The van der Waals surface area contributed by atoms with Crippen LogP contribution in [0.5, 0.6) is 5.88 Å².